The molecule has 8 fully saturated rings. The predicted octanol–water partition coefficient (Wildman–Crippen LogP) is 34.5. The van der Waals surface area contributed by atoms with Crippen LogP contribution in [0.1, 0.15) is 296 Å². The van der Waals surface area contributed by atoms with Gasteiger partial charge < -0.3 is 19.6 Å². The van der Waals surface area contributed by atoms with E-state index >= 15 is 0 Å². The van der Waals surface area contributed by atoms with Crippen LogP contribution >= 0.6 is 31.7 Å². The van der Waals surface area contributed by atoms with Crippen molar-refractivity contribution in [3.05, 3.63) is 261 Å². The molecule has 8 aromatic carbocycles. The maximum atomic E-state index is 13.9. The average Bonchev–Trinajstić information content (AvgIpc) is 1.01. The zero-order valence-electron chi connectivity index (χ0n) is 83.7. The molecule has 0 radical (unpaired) electrons. The van der Waals surface area contributed by atoms with Gasteiger partial charge in [0.05, 0.1) is 44.5 Å². The summed E-state index contributed by atoms with van der Waals surface area (Å²) < 4.78 is 333. The first kappa shape index (κ1) is 121. The minimum Gasteiger partial charge on any atom is -0.302 e. The van der Waals surface area contributed by atoms with Crippen molar-refractivity contribution in [2.75, 3.05) is 56.4 Å². The maximum absolute atomic E-state index is 13.9. The van der Waals surface area contributed by atoms with E-state index in [9.17, 15) is 105 Å². The van der Waals surface area contributed by atoms with E-state index in [-0.39, 0.29) is 87.1 Å². The number of hydrogen-bond acceptors (Lipinski definition) is 4. The van der Waals surface area contributed by atoms with Crippen LogP contribution in [0.25, 0.3) is 0 Å². The molecule has 0 spiro atoms. The Labute approximate surface area is 871 Å². The van der Waals surface area contributed by atoms with Crippen molar-refractivity contribution in [1.29, 1.82) is 0 Å². The molecule has 0 bridgehead atoms. The van der Waals surface area contributed by atoms with Gasteiger partial charge in [-0.25, -0.2) is 0 Å². The molecule has 4 nitrogen and oxygen atoms in total. The smallest absolute Gasteiger partial charge is 0.302 e. The van der Waals surface area contributed by atoms with Gasteiger partial charge in [0.15, 0.2) is 0 Å². The fourth-order valence-corrected chi connectivity index (χ4v) is 41.9. The zero-order valence-corrected chi connectivity index (χ0v) is 89.5. The summed E-state index contributed by atoms with van der Waals surface area (Å²) in [6.07, 6.45) is -0.640. The van der Waals surface area contributed by atoms with Gasteiger partial charge in [-0.15, -0.1) is 0 Å². The summed E-state index contributed by atoms with van der Waals surface area (Å²) in [7, 11) is 11.3. The van der Waals surface area contributed by atoms with Crippen LogP contribution in [-0.2, 0) is 83.5 Å². The summed E-state index contributed by atoms with van der Waals surface area (Å²) in [6, 6.07) is 43.6. The second-order valence-corrected chi connectivity index (χ2v) is 52.7. The van der Waals surface area contributed by atoms with Crippen LogP contribution in [0.5, 0.6) is 0 Å². The number of benzene rings is 8. The molecule has 34 heteroatoms. The Bertz CT molecular complexity index is 4670. The van der Waals surface area contributed by atoms with Gasteiger partial charge in [-0.05, 0) is 360 Å². The van der Waals surface area contributed by atoms with Crippen molar-refractivity contribution in [2.45, 2.75) is 324 Å². The van der Waals surface area contributed by atoms with E-state index < -0.39 is 166 Å². The normalized spacial score (nSPS) is 22.6. The van der Waals surface area contributed by atoms with Gasteiger partial charge in [-0.1, -0.05) is 240 Å². The summed E-state index contributed by atoms with van der Waals surface area (Å²) in [5.74, 6) is 0.720. The minimum absolute atomic E-state index is 0. The largest absolute Gasteiger partial charge is 0.416 e. The molecule has 8 aliphatic rings. The summed E-state index contributed by atoms with van der Waals surface area (Å²) in [4.78, 5) is 8.67. The molecule has 0 aliphatic heterocycles. The Morgan fingerprint density at radius 3 is 0.514 bits per heavy atom. The number of rotatable bonds is 24. The topological polar surface area (TPSA) is 13.0 Å². The molecule has 8 aromatic rings. The minimum atomic E-state index is -5.27. The van der Waals surface area contributed by atoms with Crippen molar-refractivity contribution in [3.63, 3.8) is 0 Å². The van der Waals surface area contributed by atoms with Gasteiger partial charge in [0, 0.05) is 58.3 Å². The third-order valence-corrected chi connectivity index (χ3v) is 45.5. The quantitative estimate of drug-likeness (QED) is 0.0340. The molecule has 8 saturated carbocycles. The summed E-state index contributed by atoms with van der Waals surface area (Å²) in [6.45, 7) is 0. The van der Waals surface area contributed by atoms with Crippen LogP contribution in [0.2, 0.25) is 0 Å². The number of nitrogens with zero attached hydrogens (tertiary/aromatic N) is 4. The van der Waals surface area contributed by atoms with E-state index in [4.69, 9.17) is 0 Å². The van der Waals surface area contributed by atoms with Crippen molar-refractivity contribution in [1.82, 2.24) is 19.6 Å². The monoisotopic (exact) mass is 2230 g/mol. The zero-order chi connectivity index (χ0) is 104. The molecule has 0 saturated heterocycles. The van der Waals surface area contributed by atoms with E-state index in [1.807, 2.05) is 0 Å². The third kappa shape index (κ3) is 31.1. The van der Waals surface area contributed by atoms with Gasteiger partial charge in [-0.3, -0.25) is 0 Å². The van der Waals surface area contributed by atoms with Crippen LogP contribution in [0.4, 0.5) is 105 Å². The summed E-state index contributed by atoms with van der Waals surface area (Å²) in [5, 5.41) is -2.40. The maximum Gasteiger partial charge on any atom is 0.416 e. The average molecular weight is 2230 g/mol. The Balaban J connectivity index is 0.000000188. The van der Waals surface area contributed by atoms with Crippen molar-refractivity contribution >= 4 is 52.9 Å². The van der Waals surface area contributed by atoms with Gasteiger partial charge in [0.1, 0.15) is 0 Å². The summed E-state index contributed by atoms with van der Waals surface area (Å²) in [5.41, 5.74) is -4.25. The van der Waals surface area contributed by atoms with Gasteiger partial charge in [-0.2, -0.15) is 105 Å². The molecule has 146 heavy (non-hydrogen) atoms. The van der Waals surface area contributed by atoms with Crippen molar-refractivity contribution in [2.24, 2.45) is 23.7 Å². The number of hydrogen-bond donors (Lipinski definition) is 0. The molecule has 0 heterocycles. The summed E-state index contributed by atoms with van der Waals surface area (Å²) >= 11 is 0. The van der Waals surface area contributed by atoms with Crippen LogP contribution < -0.4 is 21.2 Å². The molecule has 8 aliphatic carbocycles. The Hall–Kier alpha value is -5.32. The van der Waals surface area contributed by atoms with Crippen molar-refractivity contribution < 1.29 is 140 Å². The van der Waals surface area contributed by atoms with Crippen molar-refractivity contribution in [3.8, 4) is 0 Å². The van der Waals surface area contributed by atoms with E-state index in [1.165, 1.54) is 116 Å². The van der Waals surface area contributed by atoms with E-state index in [0.29, 0.717) is 86.3 Å². The number of halogens is 24. The second-order valence-electron chi connectivity index (χ2n) is 41.8. The fraction of sp³-hybridized carbons (Fsp3) is 0.571. The van der Waals surface area contributed by atoms with E-state index in [1.54, 1.807) is 161 Å². The Morgan fingerprint density at radius 2 is 0.356 bits per heavy atom. The van der Waals surface area contributed by atoms with Crippen LogP contribution in [0.15, 0.2) is 194 Å². The first-order valence-corrected chi connectivity index (χ1v) is 57.0. The van der Waals surface area contributed by atoms with Crippen LogP contribution in [0, 0.1) is 23.7 Å². The number of alkyl halides is 24. The Kier molecular flexibility index (Phi) is 43.3. The fourth-order valence-electron chi connectivity index (χ4n) is 25.6. The molecule has 808 valence electrons. The van der Waals surface area contributed by atoms with Crippen LogP contribution in [0.3, 0.4) is 0 Å². The van der Waals surface area contributed by atoms with E-state index in [0.717, 1.165) is 56.9 Å². The molecular weight excluding hydrogens is 2090 g/mol. The third-order valence-electron chi connectivity index (χ3n) is 31.4. The second kappa shape index (κ2) is 52.3. The first-order chi connectivity index (χ1) is 67.9. The van der Waals surface area contributed by atoms with Gasteiger partial charge in [0.25, 0.3) is 0 Å². The molecule has 16 rings (SSSR count). The molecule has 0 N–H and O–H groups in total. The first-order valence-electron chi connectivity index (χ1n) is 51.0. The van der Waals surface area contributed by atoms with Gasteiger partial charge >= 0.3 is 49.4 Å². The van der Waals surface area contributed by atoms with E-state index in [2.05, 4.69) is 98.7 Å². The molecule has 0 amide bonds. The molecule has 8 unspecified atom stereocenters. The SMILES string of the molecule is CN(C)[C@H](c1ccccc1)C1CCCC1P(C1CCCCC1)C1CCCCC1.CN(C)[C@H](c1ccccc1)C1CCCC1P(C1CCCCC1)C1CCCCC1.CN(C)[C@H](c1ccccc1)C1CCCC1P(c1cc(C(F)(F)F)cc(C(F)(F)F)c1)c1cc(C(F)(F)F)cc(C(F)(F)F)c1.CN(C)[C@H](c1ccccc1)C1CCCC1P(c1cc(C(F)(F)F)cc(C(F)(F)F)c1)c1cc(C(F)(F)F)cc(C(F)(F)F)c1.[Fe].[Fe]. The van der Waals surface area contributed by atoms with Gasteiger partial charge in [0.2, 0.25) is 0 Å². The molecule has 12 atom stereocenters. The molecule has 0 aromatic heterocycles. The Morgan fingerprint density at radius 1 is 0.199 bits per heavy atom. The standard InChI is InChI=1S/2C30H26F12NP.2C26H42NP.2Fe/c2*1-43(2)26(17-7-4-3-5-8-17)24-9-6-10-25(24)44(22-13-18(27(31,32)33)11-19(14-22)28(34,35)36)23-15-20(29(37,38)39)12-21(16-23)30(40,41)42;2*1-27(2)26(21-13-6-3-7-14-21)24-19-12-20-25(24)28(22-15-8-4-9-16-22)23-17-10-5-11-18-23;;/h2*3-5,7-8,11-16,24-26H,6,9-10H2,1-2H3;2*3,6-7,13-14,22-26H,4-5,8-12,15-20H2,1-2H3;;/t4*24?,25?,26-;;/m1111../s1. The predicted molar refractivity (Wildman–Crippen MR) is 535 cm³/mol. The molecular formula is C112H136F24Fe2N4P4. The van der Waals surface area contributed by atoms with Crippen LogP contribution in [-0.4, -0.2) is 121 Å².